The molecule has 0 aromatic heterocycles. The molecule has 1 aliphatic heterocycles. The first kappa shape index (κ1) is 16.1. The zero-order valence-electron chi connectivity index (χ0n) is 13.5. The number of benzene rings is 2. The summed E-state index contributed by atoms with van der Waals surface area (Å²) in [5, 5.41) is 0. The van der Waals surface area contributed by atoms with Crippen LogP contribution in [0.15, 0.2) is 72.8 Å². The first-order chi connectivity index (χ1) is 11.8. The summed E-state index contributed by atoms with van der Waals surface area (Å²) in [5.41, 5.74) is 2.30. The van der Waals surface area contributed by atoms with E-state index in [-0.39, 0.29) is 12.1 Å². The monoisotopic (exact) mass is 319 g/mol. The molecular formula is C21H21NO2. The minimum atomic E-state index is -0.231. The molecule has 0 bridgehead atoms. The second kappa shape index (κ2) is 8.16. The Bertz CT molecular complexity index is 707. The predicted molar refractivity (Wildman–Crippen MR) is 97.4 cm³/mol. The summed E-state index contributed by atoms with van der Waals surface area (Å²) in [4.78, 5) is 13.7. The van der Waals surface area contributed by atoms with Crippen LogP contribution in [0.5, 0.6) is 0 Å². The average molecular weight is 319 g/mol. The maximum absolute atomic E-state index is 11.9. The second-order valence-corrected chi connectivity index (χ2v) is 5.74. The van der Waals surface area contributed by atoms with Crippen molar-refractivity contribution in [3.05, 3.63) is 83.9 Å². The van der Waals surface area contributed by atoms with Crippen LogP contribution in [0.4, 0.5) is 4.79 Å². The lowest BCUT2D eigenvalue weighted by Gasteiger charge is -2.18. The summed E-state index contributed by atoms with van der Waals surface area (Å²) < 4.78 is 5.20. The van der Waals surface area contributed by atoms with Crippen molar-refractivity contribution in [2.24, 2.45) is 0 Å². The molecule has 3 heteroatoms. The number of rotatable bonds is 6. The Kier molecular flexibility index (Phi) is 5.46. The van der Waals surface area contributed by atoms with Gasteiger partial charge in [0.25, 0.3) is 0 Å². The Labute approximate surface area is 142 Å². The van der Waals surface area contributed by atoms with Crippen LogP contribution < -0.4 is 0 Å². The molecule has 0 saturated carbocycles. The number of carbonyl (C=O) groups is 1. The Morgan fingerprint density at radius 1 is 0.917 bits per heavy atom. The van der Waals surface area contributed by atoms with Gasteiger partial charge in [-0.15, -0.1) is 0 Å². The fourth-order valence-electron chi connectivity index (χ4n) is 2.70. The Morgan fingerprint density at radius 3 is 2.12 bits per heavy atom. The van der Waals surface area contributed by atoms with Gasteiger partial charge in [-0.2, -0.15) is 0 Å². The van der Waals surface area contributed by atoms with Crippen molar-refractivity contribution in [1.82, 2.24) is 4.90 Å². The van der Waals surface area contributed by atoms with Gasteiger partial charge >= 0.3 is 6.09 Å². The molecule has 0 spiro atoms. The van der Waals surface area contributed by atoms with E-state index in [0.29, 0.717) is 13.2 Å². The van der Waals surface area contributed by atoms with Crippen LogP contribution >= 0.6 is 0 Å². The summed E-state index contributed by atoms with van der Waals surface area (Å²) in [7, 11) is 0. The molecule has 1 heterocycles. The molecule has 122 valence electrons. The van der Waals surface area contributed by atoms with Crippen molar-refractivity contribution in [3.8, 4) is 0 Å². The fourth-order valence-corrected chi connectivity index (χ4v) is 2.70. The van der Waals surface area contributed by atoms with Gasteiger partial charge in [0.05, 0.1) is 6.04 Å². The van der Waals surface area contributed by atoms with Gasteiger partial charge in [0.15, 0.2) is 0 Å². The molecule has 2 aromatic carbocycles. The highest BCUT2D eigenvalue weighted by Gasteiger charge is 2.30. The molecule has 0 radical (unpaired) electrons. The summed E-state index contributed by atoms with van der Waals surface area (Å²) in [6.07, 6.45) is 8.79. The van der Waals surface area contributed by atoms with Gasteiger partial charge in [-0.3, -0.25) is 4.90 Å². The van der Waals surface area contributed by atoms with E-state index < -0.39 is 0 Å². The molecule has 1 aliphatic rings. The number of ether oxygens (including phenoxy) is 1. The van der Waals surface area contributed by atoms with Crippen molar-refractivity contribution in [2.75, 3.05) is 13.2 Å². The van der Waals surface area contributed by atoms with Crippen molar-refractivity contribution >= 4 is 18.2 Å². The molecule has 1 unspecified atom stereocenters. The normalized spacial score (nSPS) is 17.8. The number of hydrogen-bond donors (Lipinski definition) is 0. The van der Waals surface area contributed by atoms with Crippen molar-refractivity contribution in [3.63, 3.8) is 0 Å². The second-order valence-electron chi connectivity index (χ2n) is 5.74. The van der Waals surface area contributed by atoms with E-state index in [1.54, 1.807) is 4.90 Å². The molecule has 0 aliphatic carbocycles. The van der Waals surface area contributed by atoms with Gasteiger partial charge in [0, 0.05) is 6.54 Å². The number of amides is 1. The lowest BCUT2D eigenvalue weighted by atomic mass is 10.1. The zero-order valence-corrected chi connectivity index (χ0v) is 13.5. The molecule has 3 rings (SSSR count). The Balaban J connectivity index is 1.56. The van der Waals surface area contributed by atoms with E-state index >= 15 is 0 Å². The maximum Gasteiger partial charge on any atom is 0.410 e. The molecule has 3 nitrogen and oxygen atoms in total. The smallest absolute Gasteiger partial charge is 0.410 e. The number of nitrogens with zero attached hydrogens (tertiary/aromatic N) is 1. The average Bonchev–Trinajstić information content (AvgIpc) is 2.97. The highest BCUT2D eigenvalue weighted by Crippen LogP contribution is 2.17. The summed E-state index contributed by atoms with van der Waals surface area (Å²) in [6.45, 7) is 1.02. The lowest BCUT2D eigenvalue weighted by molar-refractivity contribution is 0.160. The van der Waals surface area contributed by atoms with Crippen molar-refractivity contribution in [2.45, 2.75) is 12.5 Å². The maximum atomic E-state index is 11.9. The summed E-state index contributed by atoms with van der Waals surface area (Å²) in [5.74, 6) is 0. The van der Waals surface area contributed by atoms with Gasteiger partial charge in [-0.25, -0.2) is 4.79 Å². The van der Waals surface area contributed by atoms with E-state index in [2.05, 4.69) is 24.3 Å². The van der Waals surface area contributed by atoms with Gasteiger partial charge in [-0.05, 0) is 17.5 Å². The van der Waals surface area contributed by atoms with Crippen molar-refractivity contribution < 1.29 is 9.53 Å². The molecule has 24 heavy (non-hydrogen) atoms. The van der Waals surface area contributed by atoms with Gasteiger partial charge in [-0.1, -0.05) is 85.0 Å². The third kappa shape index (κ3) is 4.35. The molecule has 0 N–H and O–H groups in total. The molecule has 1 fully saturated rings. The van der Waals surface area contributed by atoms with Crippen LogP contribution in [0.1, 0.15) is 17.5 Å². The Morgan fingerprint density at radius 2 is 1.50 bits per heavy atom. The van der Waals surface area contributed by atoms with Crippen LogP contribution in [0.3, 0.4) is 0 Å². The summed E-state index contributed by atoms with van der Waals surface area (Å²) in [6, 6.07) is 20.3. The van der Waals surface area contributed by atoms with Crippen LogP contribution in [0.2, 0.25) is 0 Å². The molecule has 1 amide bonds. The summed E-state index contributed by atoms with van der Waals surface area (Å²) >= 11 is 0. The number of cyclic esters (lactones) is 1. The zero-order chi connectivity index (χ0) is 16.6. The van der Waals surface area contributed by atoms with Gasteiger partial charge < -0.3 is 4.74 Å². The highest BCUT2D eigenvalue weighted by atomic mass is 16.6. The van der Waals surface area contributed by atoms with Crippen LogP contribution in [-0.4, -0.2) is 30.2 Å². The SMILES string of the molecule is O=C1OCC(CC=Cc2ccccc2)N1CC=Cc1ccccc1. The van der Waals surface area contributed by atoms with Crippen LogP contribution in [0, 0.1) is 0 Å². The molecular weight excluding hydrogens is 298 g/mol. The first-order valence-electron chi connectivity index (χ1n) is 8.19. The largest absolute Gasteiger partial charge is 0.447 e. The highest BCUT2D eigenvalue weighted by molar-refractivity contribution is 5.70. The minimum absolute atomic E-state index is 0.0953. The third-order valence-electron chi connectivity index (χ3n) is 4.00. The number of carbonyl (C=O) groups excluding carboxylic acids is 1. The van der Waals surface area contributed by atoms with E-state index in [1.807, 2.05) is 60.7 Å². The van der Waals surface area contributed by atoms with Crippen LogP contribution in [-0.2, 0) is 4.74 Å². The van der Waals surface area contributed by atoms with Crippen LogP contribution in [0.25, 0.3) is 12.2 Å². The quantitative estimate of drug-likeness (QED) is 0.777. The third-order valence-corrected chi connectivity index (χ3v) is 4.00. The minimum Gasteiger partial charge on any atom is -0.447 e. The fraction of sp³-hybridized carbons (Fsp3) is 0.190. The van der Waals surface area contributed by atoms with E-state index in [0.717, 1.165) is 12.0 Å². The topological polar surface area (TPSA) is 29.5 Å². The number of hydrogen-bond acceptors (Lipinski definition) is 2. The Hall–Kier alpha value is -2.81. The van der Waals surface area contributed by atoms with E-state index in [4.69, 9.17) is 4.74 Å². The molecule has 2 aromatic rings. The first-order valence-corrected chi connectivity index (χ1v) is 8.19. The predicted octanol–water partition coefficient (Wildman–Crippen LogP) is 4.62. The standard InChI is InChI=1S/C21H21NO2/c23-21-22(16-8-14-19-11-5-2-6-12-19)20(17-24-21)15-7-13-18-9-3-1-4-10-18/h1-14,20H,15-17H2. The van der Waals surface area contributed by atoms with Gasteiger partial charge in [0.2, 0.25) is 0 Å². The van der Waals surface area contributed by atoms with E-state index in [9.17, 15) is 4.79 Å². The molecule has 1 saturated heterocycles. The van der Waals surface area contributed by atoms with E-state index in [1.165, 1.54) is 5.56 Å². The van der Waals surface area contributed by atoms with Gasteiger partial charge in [0.1, 0.15) is 6.61 Å². The van der Waals surface area contributed by atoms with Crippen molar-refractivity contribution in [1.29, 1.82) is 0 Å². The molecule has 1 atom stereocenters. The lowest BCUT2D eigenvalue weighted by Crippen LogP contribution is -2.33.